The number of carbonyl (C=O) groups is 1. The van der Waals surface area contributed by atoms with Crippen molar-refractivity contribution in [3.63, 3.8) is 0 Å². The van der Waals surface area contributed by atoms with Gasteiger partial charge in [-0.2, -0.15) is 0 Å². The van der Waals surface area contributed by atoms with Crippen LogP contribution in [0.5, 0.6) is 0 Å². The van der Waals surface area contributed by atoms with Crippen LogP contribution >= 0.6 is 22.9 Å². The van der Waals surface area contributed by atoms with E-state index in [2.05, 4.69) is 4.98 Å². The maximum atomic E-state index is 12.8. The summed E-state index contributed by atoms with van der Waals surface area (Å²) in [5, 5.41) is 1.53. The third-order valence-electron chi connectivity index (χ3n) is 3.77. The molecule has 1 saturated heterocycles. The summed E-state index contributed by atoms with van der Waals surface area (Å²) in [5.74, 6) is -0.0329. The number of aromatic nitrogens is 1. The summed E-state index contributed by atoms with van der Waals surface area (Å²) in [4.78, 5) is 20.0. The molecule has 22 heavy (non-hydrogen) atoms. The molecule has 0 aliphatic carbocycles. The van der Waals surface area contributed by atoms with Crippen LogP contribution in [0.2, 0.25) is 5.02 Å². The minimum atomic E-state index is -0.0329. The van der Waals surface area contributed by atoms with Crippen LogP contribution in [0, 0.1) is 6.92 Å². The van der Waals surface area contributed by atoms with Gasteiger partial charge in [-0.05, 0) is 37.5 Å². The molecular formula is C16H18ClN3OS. The molecule has 1 amide bonds. The normalized spacial score (nSPS) is 18.5. The summed E-state index contributed by atoms with van der Waals surface area (Å²) in [6, 6.07) is 7.60. The molecule has 1 aliphatic heterocycles. The van der Waals surface area contributed by atoms with Crippen LogP contribution in [0.15, 0.2) is 24.3 Å². The van der Waals surface area contributed by atoms with Crippen LogP contribution in [-0.4, -0.2) is 34.9 Å². The zero-order chi connectivity index (χ0) is 15.7. The van der Waals surface area contributed by atoms with Gasteiger partial charge in [0.2, 0.25) is 0 Å². The molecule has 0 spiro atoms. The predicted octanol–water partition coefficient (Wildman–Crippen LogP) is 3.34. The van der Waals surface area contributed by atoms with E-state index < -0.39 is 0 Å². The molecule has 1 aromatic carbocycles. The average Bonchev–Trinajstić information content (AvgIpc) is 2.88. The Labute approximate surface area is 138 Å². The summed E-state index contributed by atoms with van der Waals surface area (Å²) < 4.78 is 0. The maximum absolute atomic E-state index is 12.8. The highest BCUT2D eigenvalue weighted by atomic mass is 35.5. The van der Waals surface area contributed by atoms with E-state index in [0.717, 1.165) is 34.8 Å². The topological polar surface area (TPSA) is 59.2 Å². The molecule has 1 atom stereocenters. The lowest BCUT2D eigenvalue weighted by molar-refractivity contribution is 0.0704. The molecule has 1 fully saturated rings. The average molecular weight is 336 g/mol. The summed E-state index contributed by atoms with van der Waals surface area (Å²) in [6.45, 7) is 3.26. The Kier molecular flexibility index (Phi) is 4.47. The first-order valence-corrected chi connectivity index (χ1v) is 8.52. The SMILES string of the molecule is Cc1nc(C(=O)N2CCCC(N)C2)c(-c2cccc(Cl)c2)s1. The van der Waals surface area contributed by atoms with Crippen LogP contribution in [0.3, 0.4) is 0 Å². The van der Waals surface area contributed by atoms with Crippen molar-refractivity contribution < 1.29 is 4.79 Å². The monoisotopic (exact) mass is 335 g/mol. The molecule has 6 heteroatoms. The minimum absolute atomic E-state index is 0.0329. The number of likely N-dealkylation sites (tertiary alicyclic amines) is 1. The van der Waals surface area contributed by atoms with Gasteiger partial charge in [-0.1, -0.05) is 23.7 Å². The summed E-state index contributed by atoms with van der Waals surface area (Å²) >= 11 is 7.59. The molecule has 2 aromatic rings. The summed E-state index contributed by atoms with van der Waals surface area (Å²) in [6.07, 6.45) is 1.92. The highest BCUT2D eigenvalue weighted by Gasteiger charge is 2.27. The van der Waals surface area contributed by atoms with Crippen LogP contribution in [0.25, 0.3) is 10.4 Å². The number of benzene rings is 1. The van der Waals surface area contributed by atoms with E-state index in [1.165, 1.54) is 11.3 Å². The largest absolute Gasteiger partial charge is 0.336 e. The summed E-state index contributed by atoms with van der Waals surface area (Å²) in [7, 11) is 0. The van der Waals surface area contributed by atoms with Crippen molar-refractivity contribution in [1.29, 1.82) is 0 Å². The van der Waals surface area contributed by atoms with Gasteiger partial charge in [0.15, 0.2) is 0 Å². The standard InChI is InChI=1S/C16H18ClN3OS/c1-10-19-14(16(21)20-7-3-6-13(18)9-20)15(22-10)11-4-2-5-12(17)8-11/h2,4-5,8,13H,3,6-7,9,18H2,1H3. The van der Waals surface area contributed by atoms with E-state index in [1.54, 1.807) is 0 Å². The Morgan fingerprint density at radius 1 is 1.50 bits per heavy atom. The lowest BCUT2D eigenvalue weighted by Crippen LogP contribution is -2.45. The number of halogens is 1. The number of carbonyl (C=O) groups excluding carboxylic acids is 1. The number of rotatable bonds is 2. The van der Waals surface area contributed by atoms with Crippen LogP contribution in [-0.2, 0) is 0 Å². The molecule has 0 bridgehead atoms. The zero-order valence-corrected chi connectivity index (χ0v) is 14.0. The van der Waals surface area contributed by atoms with Gasteiger partial charge in [0.25, 0.3) is 5.91 Å². The molecule has 2 heterocycles. The second-order valence-corrected chi connectivity index (χ2v) is 7.21. The van der Waals surface area contributed by atoms with E-state index in [1.807, 2.05) is 36.1 Å². The smallest absolute Gasteiger partial charge is 0.274 e. The summed E-state index contributed by atoms with van der Waals surface area (Å²) in [5.41, 5.74) is 7.43. The van der Waals surface area contributed by atoms with Crippen LogP contribution in [0.1, 0.15) is 28.3 Å². The van der Waals surface area contributed by atoms with E-state index in [0.29, 0.717) is 17.3 Å². The van der Waals surface area contributed by atoms with E-state index >= 15 is 0 Å². The molecule has 1 aromatic heterocycles. The fourth-order valence-corrected chi connectivity index (χ4v) is 3.84. The number of nitrogens with zero attached hydrogens (tertiary/aromatic N) is 2. The van der Waals surface area contributed by atoms with Crippen molar-refractivity contribution in [3.8, 4) is 10.4 Å². The Bertz CT molecular complexity index is 700. The quantitative estimate of drug-likeness (QED) is 0.915. The molecule has 1 aliphatic rings. The number of piperidine rings is 1. The molecule has 116 valence electrons. The second kappa shape index (κ2) is 6.36. The first kappa shape index (κ1) is 15.5. The van der Waals surface area contributed by atoms with Crippen molar-refractivity contribution >= 4 is 28.8 Å². The molecule has 0 radical (unpaired) electrons. The zero-order valence-electron chi connectivity index (χ0n) is 12.4. The fourth-order valence-electron chi connectivity index (χ4n) is 2.74. The Morgan fingerprint density at radius 3 is 3.05 bits per heavy atom. The first-order chi connectivity index (χ1) is 10.5. The Hall–Kier alpha value is -1.43. The number of hydrogen-bond acceptors (Lipinski definition) is 4. The first-order valence-electron chi connectivity index (χ1n) is 7.33. The minimum Gasteiger partial charge on any atom is -0.336 e. The van der Waals surface area contributed by atoms with Gasteiger partial charge in [-0.25, -0.2) is 4.98 Å². The van der Waals surface area contributed by atoms with Crippen LogP contribution in [0.4, 0.5) is 0 Å². The molecular weight excluding hydrogens is 318 g/mol. The van der Waals surface area contributed by atoms with Crippen molar-refractivity contribution in [1.82, 2.24) is 9.88 Å². The van der Waals surface area contributed by atoms with Gasteiger partial charge in [0.1, 0.15) is 5.69 Å². The van der Waals surface area contributed by atoms with Gasteiger partial charge in [0, 0.05) is 24.2 Å². The van der Waals surface area contributed by atoms with E-state index in [-0.39, 0.29) is 11.9 Å². The molecule has 1 unspecified atom stereocenters. The van der Waals surface area contributed by atoms with Gasteiger partial charge >= 0.3 is 0 Å². The number of hydrogen-bond donors (Lipinski definition) is 1. The van der Waals surface area contributed by atoms with Gasteiger partial charge in [0.05, 0.1) is 9.88 Å². The number of amides is 1. The maximum Gasteiger partial charge on any atom is 0.274 e. The molecule has 3 rings (SSSR count). The third kappa shape index (κ3) is 3.16. The van der Waals surface area contributed by atoms with Crippen molar-refractivity contribution in [3.05, 3.63) is 40.0 Å². The second-order valence-electron chi connectivity index (χ2n) is 5.57. The van der Waals surface area contributed by atoms with Crippen molar-refractivity contribution in [2.75, 3.05) is 13.1 Å². The van der Waals surface area contributed by atoms with E-state index in [9.17, 15) is 4.79 Å². The number of aryl methyl sites for hydroxylation is 1. The van der Waals surface area contributed by atoms with E-state index in [4.69, 9.17) is 17.3 Å². The molecule has 4 nitrogen and oxygen atoms in total. The number of nitrogens with two attached hydrogens (primary N) is 1. The number of thiazole rings is 1. The van der Waals surface area contributed by atoms with Crippen molar-refractivity contribution in [2.24, 2.45) is 5.73 Å². The highest BCUT2D eigenvalue weighted by molar-refractivity contribution is 7.15. The van der Waals surface area contributed by atoms with Gasteiger partial charge < -0.3 is 10.6 Å². The molecule has 0 saturated carbocycles. The van der Waals surface area contributed by atoms with Gasteiger partial charge in [-0.15, -0.1) is 11.3 Å². The van der Waals surface area contributed by atoms with Gasteiger partial charge in [-0.3, -0.25) is 4.79 Å². The Morgan fingerprint density at radius 2 is 2.32 bits per heavy atom. The lowest BCUT2D eigenvalue weighted by atomic mass is 10.1. The highest BCUT2D eigenvalue weighted by Crippen LogP contribution is 2.32. The van der Waals surface area contributed by atoms with Crippen molar-refractivity contribution in [2.45, 2.75) is 25.8 Å². The van der Waals surface area contributed by atoms with Crippen LogP contribution < -0.4 is 5.73 Å². The Balaban J connectivity index is 1.95. The predicted molar refractivity (Wildman–Crippen MR) is 90.4 cm³/mol. The lowest BCUT2D eigenvalue weighted by Gasteiger charge is -2.30. The molecule has 2 N–H and O–H groups in total. The fraction of sp³-hybridized carbons (Fsp3) is 0.375. The third-order valence-corrected chi connectivity index (χ3v) is 5.02.